The number of ether oxygens (including phenoxy) is 1. The summed E-state index contributed by atoms with van der Waals surface area (Å²) in [4.78, 5) is 11.4. The molecule has 2 rings (SSSR count). The molecule has 0 aromatic heterocycles. The number of carboxylic acid groups (broad SMARTS) is 1. The van der Waals surface area contributed by atoms with Crippen LogP contribution in [0.2, 0.25) is 10.0 Å². The van der Waals surface area contributed by atoms with E-state index in [2.05, 4.69) is 5.32 Å². The molecule has 0 spiro atoms. The van der Waals surface area contributed by atoms with E-state index in [9.17, 15) is 9.90 Å². The van der Waals surface area contributed by atoms with Crippen molar-refractivity contribution in [1.29, 1.82) is 0 Å². The Labute approximate surface area is 164 Å². The molecular formula is C20H23Cl2NO3. The van der Waals surface area contributed by atoms with Gasteiger partial charge in [0.25, 0.3) is 0 Å². The Balaban J connectivity index is 2.06. The summed E-state index contributed by atoms with van der Waals surface area (Å²) in [7, 11) is 0. The molecule has 26 heavy (non-hydrogen) atoms. The van der Waals surface area contributed by atoms with E-state index in [0.29, 0.717) is 35.4 Å². The third-order valence-corrected chi connectivity index (χ3v) is 4.36. The molecule has 0 bridgehead atoms. The SMILES string of the molecule is CC(C)CC(NCc1cc(Cl)ccc1OCc1ccc(Cl)cc1)C(=O)O. The van der Waals surface area contributed by atoms with E-state index in [4.69, 9.17) is 27.9 Å². The first-order valence-corrected chi connectivity index (χ1v) is 9.22. The molecule has 0 heterocycles. The summed E-state index contributed by atoms with van der Waals surface area (Å²) in [5.74, 6) is 0.0958. The van der Waals surface area contributed by atoms with Gasteiger partial charge in [-0.25, -0.2) is 0 Å². The summed E-state index contributed by atoms with van der Waals surface area (Å²) >= 11 is 12.0. The average molecular weight is 396 g/mol. The monoisotopic (exact) mass is 395 g/mol. The molecular weight excluding hydrogens is 373 g/mol. The van der Waals surface area contributed by atoms with E-state index in [1.807, 2.05) is 38.1 Å². The van der Waals surface area contributed by atoms with E-state index < -0.39 is 12.0 Å². The second-order valence-corrected chi connectivity index (χ2v) is 7.44. The van der Waals surface area contributed by atoms with Crippen molar-refractivity contribution in [2.75, 3.05) is 0 Å². The van der Waals surface area contributed by atoms with Gasteiger partial charge in [0.1, 0.15) is 18.4 Å². The molecule has 2 N–H and O–H groups in total. The van der Waals surface area contributed by atoms with Gasteiger partial charge in [0, 0.05) is 22.2 Å². The Hall–Kier alpha value is -1.75. The highest BCUT2D eigenvalue weighted by Crippen LogP contribution is 2.24. The Morgan fingerprint density at radius 2 is 1.77 bits per heavy atom. The molecule has 1 unspecified atom stereocenters. The molecule has 2 aromatic carbocycles. The summed E-state index contributed by atoms with van der Waals surface area (Å²) in [6.07, 6.45) is 0.552. The molecule has 0 aliphatic carbocycles. The topological polar surface area (TPSA) is 58.6 Å². The molecule has 1 atom stereocenters. The lowest BCUT2D eigenvalue weighted by molar-refractivity contribution is -0.140. The van der Waals surface area contributed by atoms with Crippen molar-refractivity contribution in [1.82, 2.24) is 5.32 Å². The van der Waals surface area contributed by atoms with E-state index >= 15 is 0 Å². The van der Waals surface area contributed by atoms with Crippen LogP contribution in [-0.2, 0) is 17.9 Å². The molecule has 0 radical (unpaired) electrons. The van der Waals surface area contributed by atoms with Gasteiger partial charge in [0.15, 0.2) is 0 Å². The number of nitrogens with one attached hydrogen (secondary N) is 1. The maximum Gasteiger partial charge on any atom is 0.320 e. The zero-order chi connectivity index (χ0) is 19.1. The Kier molecular flexibility index (Phi) is 7.76. The number of carboxylic acids is 1. The smallest absolute Gasteiger partial charge is 0.320 e. The first kappa shape index (κ1) is 20.6. The summed E-state index contributed by atoms with van der Waals surface area (Å²) in [5, 5.41) is 13.7. The molecule has 140 valence electrons. The molecule has 0 saturated carbocycles. The molecule has 0 aliphatic rings. The van der Waals surface area contributed by atoms with Gasteiger partial charge >= 0.3 is 5.97 Å². The summed E-state index contributed by atoms with van der Waals surface area (Å²) in [6.45, 7) is 4.75. The van der Waals surface area contributed by atoms with Crippen LogP contribution in [0.15, 0.2) is 42.5 Å². The summed E-state index contributed by atoms with van der Waals surface area (Å²) < 4.78 is 5.90. The number of carbonyl (C=O) groups is 1. The molecule has 6 heteroatoms. The average Bonchev–Trinajstić information content (AvgIpc) is 2.58. The fraction of sp³-hybridized carbons (Fsp3) is 0.350. The number of benzene rings is 2. The Morgan fingerprint density at radius 1 is 1.12 bits per heavy atom. The summed E-state index contributed by atoms with van der Waals surface area (Å²) in [6, 6.07) is 12.2. The van der Waals surface area contributed by atoms with Gasteiger partial charge in [-0.15, -0.1) is 0 Å². The highest BCUT2D eigenvalue weighted by Gasteiger charge is 2.19. The van der Waals surface area contributed by atoms with Crippen LogP contribution in [-0.4, -0.2) is 17.1 Å². The van der Waals surface area contributed by atoms with E-state index in [-0.39, 0.29) is 5.92 Å². The third-order valence-electron chi connectivity index (χ3n) is 3.87. The normalized spacial score (nSPS) is 12.2. The number of halogens is 2. The van der Waals surface area contributed by atoms with Crippen LogP contribution < -0.4 is 10.1 Å². The zero-order valence-electron chi connectivity index (χ0n) is 14.8. The number of hydrogen-bond donors (Lipinski definition) is 2. The van der Waals surface area contributed by atoms with Crippen LogP contribution >= 0.6 is 23.2 Å². The molecule has 0 fully saturated rings. The van der Waals surface area contributed by atoms with E-state index in [1.54, 1.807) is 18.2 Å². The highest BCUT2D eigenvalue weighted by atomic mass is 35.5. The fourth-order valence-corrected chi connectivity index (χ4v) is 2.87. The van der Waals surface area contributed by atoms with Gasteiger partial charge in [-0.05, 0) is 48.2 Å². The third kappa shape index (κ3) is 6.52. The molecule has 4 nitrogen and oxygen atoms in total. The van der Waals surface area contributed by atoms with Crippen LogP contribution in [0.3, 0.4) is 0 Å². The van der Waals surface area contributed by atoms with Crippen molar-refractivity contribution in [2.24, 2.45) is 5.92 Å². The van der Waals surface area contributed by atoms with Crippen molar-refractivity contribution in [3.05, 3.63) is 63.6 Å². The second kappa shape index (κ2) is 9.81. The number of rotatable bonds is 9. The van der Waals surface area contributed by atoms with Gasteiger partial charge in [-0.3, -0.25) is 4.79 Å². The predicted octanol–water partition coefficient (Wildman–Crippen LogP) is 5.16. The molecule has 0 saturated heterocycles. The quantitative estimate of drug-likeness (QED) is 0.615. The lowest BCUT2D eigenvalue weighted by atomic mass is 10.0. The lowest BCUT2D eigenvalue weighted by Gasteiger charge is -2.18. The second-order valence-electron chi connectivity index (χ2n) is 6.57. The summed E-state index contributed by atoms with van der Waals surface area (Å²) in [5.41, 5.74) is 1.81. The van der Waals surface area contributed by atoms with Crippen molar-refractivity contribution < 1.29 is 14.6 Å². The minimum Gasteiger partial charge on any atom is -0.489 e. The van der Waals surface area contributed by atoms with Crippen LogP contribution in [0.5, 0.6) is 5.75 Å². The van der Waals surface area contributed by atoms with E-state index in [0.717, 1.165) is 11.1 Å². The van der Waals surface area contributed by atoms with Crippen molar-refractivity contribution in [3.8, 4) is 5.75 Å². The number of aliphatic carboxylic acids is 1. The van der Waals surface area contributed by atoms with Crippen molar-refractivity contribution >= 4 is 29.2 Å². The highest BCUT2D eigenvalue weighted by molar-refractivity contribution is 6.30. The minimum atomic E-state index is -0.857. The molecule has 2 aromatic rings. The maximum atomic E-state index is 11.4. The van der Waals surface area contributed by atoms with Gasteiger partial charge < -0.3 is 15.2 Å². The predicted molar refractivity (Wildman–Crippen MR) is 105 cm³/mol. The van der Waals surface area contributed by atoms with Gasteiger partial charge in [0.2, 0.25) is 0 Å². The van der Waals surface area contributed by atoms with Gasteiger partial charge in [0.05, 0.1) is 0 Å². The van der Waals surface area contributed by atoms with Crippen LogP contribution in [0.1, 0.15) is 31.4 Å². The van der Waals surface area contributed by atoms with Crippen LogP contribution in [0.4, 0.5) is 0 Å². The van der Waals surface area contributed by atoms with Crippen LogP contribution in [0.25, 0.3) is 0 Å². The number of hydrogen-bond acceptors (Lipinski definition) is 3. The van der Waals surface area contributed by atoms with Crippen molar-refractivity contribution in [2.45, 2.75) is 39.5 Å². The Bertz CT molecular complexity index is 732. The van der Waals surface area contributed by atoms with Gasteiger partial charge in [-0.2, -0.15) is 0 Å². The lowest BCUT2D eigenvalue weighted by Crippen LogP contribution is -2.37. The fourth-order valence-electron chi connectivity index (χ4n) is 2.54. The maximum absolute atomic E-state index is 11.4. The van der Waals surface area contributed by atoms with E-state index in [1.165, 1.54) is 0 Å². The minimum absolute atomic E-state index is 0.281. The first-order valence-electron chi connectivity index (χ1n) is 8.47. The molecule has 0 aliphatic heterocycles. The largest absolute Gasteiger partial charge is 0.489 e. The molecule has 0 amide bonds. The van der Waals surface area contributed by atoms with Crippen molar-refractivity contribution in [3.63, 3.8) is 0 Å². The Morgan fingerprint density at radius 3 is 2.38 bits per heavy atom. The van der Waals surface area contributed by atoms with Gasteiger partial charge in [-0.1, -0.05) is 49.2 Å². The zero-order valence-corrected chi connectivity index (χ0v) is 16.3. The van der Waals surface area contributed by atoms with Crippen LogP contribution in [0, 0.1) is 5.92 Å². The first-order chi connectivity index (χ1) is 12.3. The standard InChI is InChI=1S/C20H23Cl2NO3/c1-13(2)9-18(20(24)25)23-11-15-10-17(22)7-8-19(15)26-12-14-3-5-16(21)6-4-14/h3-8,10,13,18,23H,9,11-12H2,1-2H3,(H,24,25).